The number of aromatic nitrogens is 2. The quantitative estimate of drug-likeness (QED) is 0.413. The van der Waals surface area contributed by atoms with Crippen molar-refractivity contribution in [3.63, 3.8) is 0 Å². The molecule has 0 amide bonds. The third kappa shape index (κ3) is 1.14. The minimum Gasteiger partial charge on any atom is -0.340 e. The molecule has 0 fully saturated rings. The Morgan fingerprint density at radius 2 is 1.55 bits per heavy atom. The van der Waals surface area contributed by atoms with Crippen molar-refractivity contribution in [3.8, 4) is 0 Å². The smallest absolute Gasteiger partial charge is 0.116 e. The van der Waals surface area contributed by atoms with Crippen LogP contribution in [-0.4, -0.2) is 9.38 Å². The van der Waals surface area contributed by atoms with Crippen molar-refractivity contribution in [3.05, 3.63) is 66.7 Å². The van der Waals surface area contributed by atoms with E-state index in [1.165, 1.54) is 32.7 Å². The Labute approximate surface area is 115 Å². The Hall–Kier alpha value is -2.74. The predicted molar refractivity (Wildman–Crippen MR) is 84.3 cm³/mol. The molecule has 2 aromatic heterocycles. The lowest BCUT2D eigenvalue weighted by Gasteiger charge is -2.01. The zero-order valence-corrected chi connectivity index (χ0v) is 10.8. The van der Waals surface area contributed by atoms with Crippen LogP contribution in [0.3, 0.4) is 0 Å². The monoisotopic (exact) mass is 256 g/mol. The number of hydrogen-bond acceptors (Lipinski definition) is 0. The van der Waals surface area contributed by atoms with Crippen LogP contribution in [0.2, 0.25) is 0 Å². The van der Waals surface area contributed by atoms with Crippen LogP contribution in [0.5, 0.6) is 0 Å². The SMILES string of the molecule is c1ccc2c(c1)ccc1cc3[nH]c4ccccc4n3c12. The van der Waals surface area contributed by atoms with Crippen LogP contribution in [0.25, 0.3) is 38.4 Å². The summed E-state index contributed by atoms with van der Waals surface area (Å²) in [4.78, 5) is 3.50. The van der Waals surface area contributed by atoms with Gasteiger partial charge in [0.05, 0.1) is 16.6 Å². The second kappa shape index (κ2) is 3.42. The maximum Gasteiger partial charge on any atom is 0.116 e. The molecule has 0 saturated carbocycles. The number of fused-ring (bicyclic) bond motifs is 7. The van der Waals surface area contributed by atoms with Gasteiger partial charge in [-0.1, -0.05) is 48.5 Å². The number of imidazole rings is 1. The van der Waals surface area contributed by atoms with E-state index in [2.05, 4.69) is 76.1 Å². The summed E-state index contributed by atoms with van der Waals surface area (Å²) in [5.41, 5.74) is 4.85. The topological polar surface area (TPSA) is 20.2 Å². The first kappa shape index (κ1) is 10.1. The number of nitrogens with one attached hydrogen (secondary N) is 1. The molecule has 5 aromatic rings. The minimum absolute atomic E-state index is 1.15. The fourth-order valence-corrected chi connectivity index (χ4v) is 3.22. The van der Waals surface area contributed by atoms with Crippen molar-refractivity contribution < 1.29 is 0 Å². The zero-order valence-electron chi connectivity index (χ0n) is 10.8. The Morgan fingerprint density at radius 1 is 0.750 bits per heavy atom. The predicted octanol–water partition coefficient (Wildman–Crippen LogP) is 4.73. The second-order valence-corrected chi connectivity index (χ2v) is 5.23. The zero-order chi connectivity index (χ0) is 13.1. The first-order valence-electron chi connectivity index (χ1n) is 6.81. The van der Waals surface area contributed by atoms with E-state index in [9.17, 15) is 0 Å². The highest BCUT2D eigenvalue weighted by atomic mass is 15.0. The first-order chi connectivity index (χ1) is 9.92. The molecule has 2 nitrogen and oxygen atoms in total. The van der Waals surface area contributed by atoms with E-state index in [1.54, 1.807) is 0 Å². The Morgan fingerprint density at radius 3 is 2.55 bits per heavy atom. The summed E-state index contributed by atoms with van der Waals surface area (Å²) in [5, 5.41) is 3.86. The van der Waals surface area contributed by atoms with Gasteiger partial charge in [0.1, 0.15) is 5.65 Å². The van der Waals surface area contributed by atoms with E-state index in [4.69, 9.17) is 0 Å². The maximum atomic E-state index is 3.50. The highest BCUT2D eigenvalue weighted by Gasteiger charge is 2.10. The van der Waals surface area contributed by atoms with Gasteiger partial charge in [-0.15, -0.1) is 0 Å². The molecule has 0 atom stereocenters. The van der Waals surface area contributed by atoms with Crippen LogP contribution in [0.15, 0.2) is 66.7 Å². The summed E-state index contributed by atoms with van der Waals surface area (Å²) < 4.78 is 2.33. The lowest BCUT2D eigenvalue weighted by molar-refractivity contribution is 1.34. The summed E-state index contributed by atoms with van der Waals surface area (Å²) in [6.45, 7) is 0. The van der Waals surface area contributed by atoms with Crippen molar-refractivity contribution in [1.29, 1.82) is 0 Å². The van der Waals surface area contributed by atoms with Gasteiger partial charge in [0, 0.05) is 10.8 Å². The van der Waals surface area contributed by atoms with Crippen LogP contribution < -0.4 is 0 Å². The summed E-state index contributed by atoms with van der Waals surface area (Å²) in [5.74, 6) is 0. The molecule has 0 unspecified atom stereocenters. The second-order valence-electron chi connectivity index (χ2n) is 5.23. The molecule has 0 saturated heterocycles. The Balaban J connectivity index is 2.17. The standard InChI is InChI=1S/C18H12N2/c1-2-6-14-12(5-1)9-10-13-11-17-19-15-7-3-4-8-16(15)20(17)18(13)14/h1-11,19H. The van der Waals surface area contributed by atoms with Crippen molar-refractivity contribution >= 4 is 38.4 Å². The molecular weight excluding hydrogens is 244 g/mol. The highest BCUT2D eigenvalue weighted by Crippen LogP contribution is 2.31. The molecule has 2 heteroatoms. The van der Waals surface area contributed by atoms with E-state index in [-0.39, 0.29) is 0 Å². The van der Waals surface area contributed by atoms with E-state index in [0.717, 1.165) is 5.65 Å². The third-order valence-corrected chi connectivity index (χ3v) is 4.10. The first-order valence-corrected chi connectivity index (χ1v) is 6.81. The lowest BCUT2D eigenvalue weighted by atomic mass is 10.1. The largest absolute Gasteiger partial charge is 0.340 e. The molecule has 0 bridgehead atoms. The molecule has 0 radical (unpaired) electrons. The average molecular weight is 256 g/mol. The van der Waals surface area contributed by atoms with Crippen LogP contribution in [0.1, 0.15) is 0 Å². The molecule has 0 aliphatic heterocycles. The number of aromatic amines is 1. The minimum atomic E-state index is 1.15. The van der Waals surface area contributed by atoms with E-state index in [1.807, 2.05) is 0 Å². The number of rotatable bonds is 0. The number of para-hydroxylation sites is 2. The fourth-order valence-electron chi connectivity index (χ4n) is 3.22. The summed E-state index contributed by atoms with van der Waals surface area (Å²) in [6.07, 6.45) is 0. The molecule has 3 aromatic carbocycles. The molecule has 0 spiro atoms. The number of nitrogens with zero attached hydrogens (tertiary/aromatic N) is 1. The van der Waals surface area contributed by atoms with Gasteiger partial charge >= 0.3 is 0 Å². The molecular formula is C18H12N2. The molecule has 1 N–H and O–H groups in total. The summed E-state index contributed by atoms with van der Waals surface area (Å²) in [7, 11) is 0. The number of benzene rings is 3. The maximum absolute atomic E-state index is 3.50. The average Bonchev–Trinajstić information content (AvgIpc) is 3.02. The van der Waals surface area contributed by atoms with Crippen LogP contribution in [-0.2, 0) is 0 Å². The van der Waals surface area contributed by atoms with Crippen molar-refractivity contribution in [2.24, 2.45) is 0 Å². The Kier molecular flexibility index (Phi) is 1.73. The van der Waals surface area contributed by atoms with Crippen molar-refractivity contribution in [2.75, 3.05) is 0 Å². The molecule has 5 rings (SSSR count). The molecule has 94 valence electrons. The van der Waals surface area contributed by atoms with Gasteiger partial charge in [0.25, 0.3) is 0 Å². The van der Waals surface area contributed by atoms with Gasteiger partial charge in [0.15, 0.2) is 0 Å². The Bertz CT molecular complexity index is 1100. The van der Waals surface area contributed by atoms with Gasteiger partial charge in [0.2, 0.25) is 0 Å². The summed E-state index contributed by atoms with van der Waals surface area (Å²) >= 11 is 0. The van der Waals surface area contributed by atoms with E-state index < -0.39 is 0 Å². The molecule has 0 aliphatic rings. The lowest BCUT2D eigenvalue weighted by Crippen LogP contribution is -1.82. The number of hydrogen-bond donors (Lipinski definition) is 1. The van der Waals surface area contributed by atoms with Gasteiger partial charge in [-0.05, 0) is 23.6 Å². The van der Waals surface area contributed by atoms with Crippen molar-refractivity contribution in [2.45, 2.75) is 0 Å². The van der Waals surface area contributed by atoms with Crippen LogP contribution >= 0.6 is 0 Å². The van der Waals surface area contributed by atoms with E-state index >= 15 is 0 Å². The molecule has 0 aliphatic carbocycles. The van der Waals surface area contributed by atoms with Gasteiger partial charge in [-0.25, -0.2) is 0 Å². The molecule has 20 heavy (non-hydrogen) atoms. The van der Waals surface area contributed by atoms with Crippen LogP contribution in [0, 0.1) is 0 Å². The van der Waals surface area contributed by atoms with Crippen molar-refractivity contribution in [1.82, 2.24) is 9.38 Å². The van der Waals surface area contributed by atoms with Gasteiger partial charge in [-0.3, -0.25) is 4.40 Å². The van der Waals surface area contributed by atoms with E-state index in [0.29, 0.717) is 0 Å². The third-order valence-electron chi connectivity index (χ3n) is 4.10. The highest BCUT2D eigenvalue weighted by molar-refractivity contribution is 6.09. The molecule has 2 heterocycles. The summed E-state index contributed by atoms with van der Waals surface area (Å²) in [6, 6.07) is 23.6. The van der Waals surface area contributed by atoms with Gasteiger partial charge < -0.3 is 4.98 Å². The van der Waals surface area contributed by atoms with Gasteiger partial charge in [-0.2, -0.15) is 0 Å². The normalized spacial score (nSPS) is 12.0. The fraction of sp³-hybridized carbons (Fsp3) is 0. The van der Waals surface area contributed by atoms with Crippen LogP contribution in [0.4, 0.5) is 0 Å². The number of H-pyrrole nitrogens is 1.